The molecule has 1 fully saturated rings. The maximum Gasteiger partial charge on any atom is 0.303 e. The zero-order chi connectivity index (χ0) is 13.0. The molecule has 2 atom stereocenters. The number of carbonyl (C=O) groups excluding carboxylic acids is 1. The molecular formula is C11H21N3O3. The summed E-state index contributed by atoms with van der Waals surface area (Å²) in [4.78, 5) is 26.1. The van der Waals surface area contributed by atoms with Crippen LogP contribution < -0.4 is 5.73 Å². The largest absolute Gasteiger partial charge is 0.481 e. The Bertz CT molecular complexity index is 294. The van der Waals surface area contributed by atoms with Crippen molar-refractivity contribution in [2.75, 3.05) is 27.2 Å². The molecule has 0 saturated carbocycles. The zero-order valence-electron chi connectivity index (χ0n) is 10.4. The number of likely N-dealkylation sites (N-methyl/N-ethyl adjacent to an activating group) is 1. The summed E-state index contributed by atoms with van der Waals surface area (Å²) in [6, 6.07) is -0.308. The van der Waals surface area contributed by atoms with Gasteiger partial charge in [0, 0.05) is 25.6 Å². The lowest BCUT2D eigenvalue weighted by atomic mass is 10.1. The lowest BCUT2D eigenvalue weighted by Crippen LogP contribution is -2.44. The highest BCUT2D eigenvalue weighted by atomic mass is 16.4. The molecule has 3 N–H and O–H groups in total. The third-order valence-electron chi connectivity index (χ3n) is 3.19. The van der Waals surface area contributed by atoms with Crippen LogP contribution in [-0.4, -0.2) is 66.1 Å². The molecule has 1 amide bonds. The topological polar surface area (TPSA) is 86.9 Å². The van der Waals surface area contributed by atoms with Crippen molar-refractivity contribution in [1.82, 2.24) is 9.80 Å². The van der Waals surface area contributed by atoms with Crippen LogP contribution in [-0.2, 0) is 9.59 Å². The first kappa shape index (κ1) is 13.9. The Morgan fingerprint density at radius 1 is 1.53 bits per heavy atom. The number of hydrogen-bond acceptors (Lipinski definition) is 4. The van der Waals surface area contributed by atoms with Gasteiger partial charge >= 0.3 is 5.97 Å². The van der Waals surface area contributed by atoms with E-state index in [2.05, 4.69) is 4.90 Å². The van der Waals surface area contributed by atoms with Crippen LogP contribution in [0.15, 0.2) is 0 Å². The van der Waals surface area contributed by atoms with E-state index in [4.69, 9.17) is 10.8 Å². The van der Waals surface area contributed by atoms with Crippen molar-refractivity contribution in [2.45, 2.75) is 31.3 Å². The number of carbonyl (C=O) groups is 2. The normalized spacial score (nSPS) is 21.9. The number of nitrogens with zero attached hydrogens (tertiary/aromatic N) is 2. The van der Waals surface area contributed by atoms with Gasteiger partial charge in [0.05, 0.1) is 6.04 Å². The highest BCUT2D eigenvalue weighted by molar-refractivity contribution is 5.82. The number of carboxylic acid groups (broad SMARTS) is 1. The summed E-state index contributed by atoms with van der Waals surface area (Å²) >= 11 is 0. The number of amides is 1. The van der Waals surface area contributed by atoms with E-state index < -0.39 is 12.0 Å². The Balaban J connectivity index is 2.40. The van der Waals surface area contributed by atoms with Gasteiger partial charge in [0.15, 0.2) is 0 Å². The molecule has 6 heteroatoms. The second-order valence-corrected chi connectivity index (χ2v) is 4.73. The van der Waals surface area contributed by atoms with Crippen molar-refractivity contribution >= 4 is 11.9 Å². The molecule has 1 heterocycles. The van der Waals surface area contributed by atoms with Gasteiger partial charge in [-0.15, -0.1) is 0 Å². The maximum absolute atomic E-state index is 11.9. The minimum atomic E-state index is -0.916. The third-order valence-corrected chi connectivity index (χ3v) is 3.19. The van der Waals surface area contributed by atoms with Crippen LogP contribution in [0, 0.1) is 0 Å². The Kier molecular flexibility index (Phi) is 4.89. The van der Waals surface area contributed by atoms with E-state index in [1.165, 1.54) is 0 Å². The summed E-state index contributed by atoms with van der Waals surface area (Å²) < 4.78 is 0. The maximum atomic E-state index is 11.9. The van der Waals surface area contributed by atoms with Gasteiger partial charge in [-0.25, -0.2) is 0 Å². The molecule has 1 aliphatic rings. The fourth-order valence-corrected chi connectivity index (χ4v) is 2.00. The summed E-state index contributed by atoms with van der Waals surface area (Å²) in [6.07, 6.45) is 1.10. The summed E-state index contributed by atoms with van der Waals surface area (Å²) in [7, 11) is 3.98. The van der Waals surface area contributed by atoms with Gasteiger partial charge in [0.1, 0.15) is 0 Å². The molecule has 17 heavy (non-hydrogen) atoms. The van der Waals surface area contributed by atoms with E-state index in [-0.39, 0.29) is 18.7 Å². The first-order chi connectivity index (χ1) is 7.91. The van der Waals surface area contributed by atoms with Crippen LogP contribution in [0.25, 0.3) is 0 Å². The predicted octanol–water partition coefficient (Wildman–Crippen LogP) is -0.659. The minimum Gasteiger partial charge on any atom is -0.481 e. The van der Waals surface area contributed by atoms with Crippen molar-refractivity contribution in [1.29, 1.82) is 0 Å². The summed E-state index contributed by atoms with van der Waals surface area (Å²) in [5, 5.41) is 8.54. The molecule has 1 saturated heterocycles. The molecule has 0 aromatic carbocycles. The van der Waals surface area contributed by atoms with E-state index in [9.17, 15) is 9.59 Å². The highest BCUT2D eigenvalue weighted by Crippen LogP contribution is 2.14. The molecule has 6 nitrogen and oxygen atoms in total. The van der Waals surface area contributed by atoms with Gasteiger partial charge in [0.25, 0.3) is 0 Å². The van der Waals surface area contributed by atoms with Gasteiger partial charge in [-0.05, 0) is 26.9 Å². The number of rotatable bonds is 5. The summed E-state index contributed by atoms with van der Waals surface area (Å²) in [6.45, 7) is 1.40. The first-order valence-corrected chi connectivity index (χ1v) is 5.84. The molecule has 1 aliphatic heterocycles. The molecule has 0 radical (unpaired) electrons. The monoisotopic (exact) mass is 243 g/mol. The van der Waals surface area contributed by atoms with Crippen LogP contribution in [0.3, 0.4) is 0 Å². The fourth-order valence-electron chi connectivity index (χ4n) is 2.00. The fraction of sp³-hybridized carbons (Fsp3) is 0.818. The molecule has 2 unspecified atom stereocenters. The van der Waals surface area contributed by atoms with Gasteiger partial charge < -0.3 is 20.6 Å². The molecular weight excluding hydrogens is 222 g/mol. The highest BCUT2D eigenvalue weighted by Gasteiger charge is 2.30. The molecule has 0 aromatic heterocycles. The average Bonchev–Trinajstić information content (AvgIpc) is 2.73. The molecule has 0 spiro atoms. The Labute approximate surface area is 101 Å². The molecule has 98 valence electrons. The smallest absolute Gasteiger partial charge is 0.303 e. The molecule has 0 aliphatic carbocycles. The van der Waals surface area contributed by atoms with Crippen molar-refractivity contribution < 1.29 is 14.7 Å². The average molecular weight is 243 g/mol. The van der Waals surface area contributed by atoms with E-state index in [0.717, 1.165) is 6.42 Å². The van der Waals surface area contributed by atoms with E-state index >= 15 is 0 Å². The van der Waals surface area contributed by atoms with Gasteiger partial charge in [0.2, 0.25) is 5.91 Å². The van der Waals surface area contributed by atoms with Crippen LogP contribution in [0.1, 0.15) is 19.3 Å². The van der Waals surface area contributed by atoms with Crippen molar-refractivity contribution in [3.63, 3.8) is 0 Å². The Hall–Kier alpha value is -1.14. The van der Waals surface area contributed by atoms with Crippen molar-refractivity contribution in [3.05, 3.63) is 0 Å². The second kappa shape index (κ2) is 5.97. The SMILES string of the molecule is CN(C)C1CCN(C(=O)C(N)CCC(=O)O)C1. The molecule has 1 rings (SSSR count). The van der Waals surface area contributed by atoms with Crippen LogP contribution >= 0.6 is 0 Å². The predicted molar refractivity (Wildman–Crippen MR) is 63.5 cm³/mol. The lowest BCUT2D eigenvalue weighted by Gasteiger charge is -2.22. The van der Waals surface area contributed by atoms with Crippen LogP contribution in [0.5, 0.6) is 0 Å². The van der Waals surface area contributed by atoms with Crippen molar-refractivity contribution in [2.24, 2.45) is 5.73 Å². The second-order valence-electron chi connectivity index (χ2n) is 4.73. The van der Waals surface area contributed by atoms with E-state index in [0.29, 0.717) is 19.1 Å². The number of likely N-dealkylation sites (tertiary alicyclic amines) is 1. The number of nitrogens with two attached hydrogens (primary N) is 1. The minimum absolute atomic E-state index is 0.0577. The number of hydrogen-bond donors (Lipinski definition) is 2. The zero-order valence-corrected chi connectivity index (χ0v) is 10.4. The number of carboxylic acids is 1. The molecule has 0 aromatic rings. The van der Waals surface area contributed by atoms with E-state index in [1.807, 2.05) is 14.1 Å². The first-order valence-electron chi connectivity index (χ1n) is 5.84. The lowest BCUT2D eigenvalue weighted by molar-refractivity contribution is -0.137. The Morgan fingerprint density at radius 2 is 2.18 bits per heavy atom. The summed E-state index contributed by atoms with van der Waals surface area (Å²) in [5.74, 6) is -1.04. The van der Waals surface area contributed by atoms with Crippen LogP contribution in [0.2, 0.25) is 0 Å². The summed E-state index contributed by atoms with van der Waals surface area (Å²) in [5.41, 5.74) is 5.70. The van der Waals surface area contributed by atoms with Gasteiger partial charge in [-0.3, -0.25) is 9.59 Å². The Morgan fingerprint density at radius 3 is 2.65 bits per heavy atom. The van der Waals surface area contributed by atoms with Crippen LogP contribution in [0.4, 0.5) is 0 Å². The van der Waals surface area contributed by atoms with Gasteiger partial charge in [-0.2, -0.15) is 0 Å². The quantitative estimate of drug-likeness (QED) is 0.669. The number of aliphatic carboxylic acids is 1. The van der Waals surface area contributed by atoms with Crippen molar-refractivity contribution in [3.8, 4) is 0 Å². The van der Waals surface area contributed by atoms with E-state index in [1.54, 1.807) is 4.90 Å². The molecule has 0 bridgehead atoms. The standard InChI is InChI=1S/C11H21N3O3/c1-13(2)8-5-6-14(7-8)11(17)9(12)3-4-10(15)16/h8-9H,3-7,12H2,1-2H3,(H,15,16). The third kappa shape index (κ3) is 3.98. The van der Waals surface area contributed by atoms with Gasteiger partial charge in [-0.1, -0.05) is 0 Å².